The van der Waals surface area contributed by atoms with Crippen molar-refractivity contribution in [2.45, 2.75) is 52.1 Å². The fourth-order valence-electron chi connectivity index (χ4n) is 1.90. The van der Waals surface area contributed by atoms with E-state index in [2.05, 4.69) is 24.1 Å². The van der Waals surface area contributed by atoms with Gasteiger partial charge >= 0.3 is 5.97 Å². The third-order valence-corrected chi connectivity index (χ3v) is 2.98. The average Bonchev–Trinajstić information content (AvgIpc) is 2.25. The molecule has 0 aliphatic heterocycles. The van der Waals surface area contributed by atoms with Crippen molar-refractivity contribution in [2.75, 3.05) is 20.1 Å². The summed E-state index contributed by atoms with van der Waals surface area (Å²) in [5.74, 6) is -0.758. The van der Waals surface area contributed by atoms with Crippen molar-refractivity contribution in [1.82, 2.24) is 10.2 Å². The van der Waals surface area contributed by atoms with Crippen LogP contribution in [-0.4, -0.2) is 48.2 Å². The first kappa shape index (κ1) is 15.4. The predicted molar refractivity (Wildman–Crippen MR) is 66.7 cm³/mol. The summed E-state index contributed by atoms with van der Waals surface area (Å²) in [5.41, 5.74) is 0. The molecule has 1 unspecified atom stereocenters. The first-order chi connectivity index (χ1) is 7.56. The number of nitrogens with zero attached hydrogens (tertiary/aromatic N) is 1. The Kier molecular flexibility index (Phi) is 8.21. The number of rotatable bonds is 9. The van der Waals surface area contributed by atoms with E-state index < -0.39 is 12.0 Å². The highest BCUT2D eigenvalue weighted by Gasteiger charge is 2.21. The van der Waals surface area contributed by atoms with Gasteiger partial charge in [0.15, 0.2) is 0 Å². The van der Waals surface area contributed by atoms with Gasteiger partial charge in [-0.15, -0.1) is 0 Å². The zero-order chi connectivity index (χ0) is 12.6. The van der Waals surface area contributed by atoms with E-state index in [9.17, 15) is 4.79 Å². The molecule has 0 aromatic carbocycles. The molecular formula is C12H26N2O2. The van der Waals surface area contributed by atoms with Crippen molar-refractivity contribution < 1.29 is 9.90 Å². The van der Waals surface area contributed by atoms with Gasteiger partial charge < -0.3 is 15.3 Å². The van der Waals surface area contributed by atoms with E-state index in [1.165, 1.54) is 0 Å². The van der Waals surface area contributed by atoms with Crippen molar-refractivity contribution in [3.63, 3.8) is 0 Å². The highest BCUT2D eigenvalue weighted by atomic mass is 16.4. The van der Waals surface area contributed by atoms with E-state index in [-0.39, 0.29) is 0 Å². The molecule has 0 aliphatic carbocycles. The normalized spacial score (nSPS) is 13.4. The molecule has 0 aromatic heterocycles. The second-order valence-corrected chi connectivity index (χ2v) is 4.25. The van der Waals surface area contributed by atoms with Gasteiger partial charge in [-0.2, -0.15) is 0 Å². The molecule has 0 saturated heterocycles. The Bertz CT molecular complexity index is 193. The zero-order valence-corrected chi connectivity index (χ0v) is 11.0. The zero-order valence-electron chi connectivity index (χ0n) is 11.0. The van der Waals surface area contributed by atoms with Crippen LogP contribution in [0.1, 0.15) is 40.0 Å². The van der Waals surface area contributed by atoms with Crippen LogP contribution in [0.3, 0.4) is 0 Å². The number of nitrogens with one attached hydrogen (secondary N) is 1. The molecule has 4 nitrogen and oxygen atoms in total. The number of likely N-dealkylation sites (N-methyl/N-ethyl adjacent to an activating group) is 1. The third kappa shape index (κ3) is 5.47. The molecule has 0 bridgehead atoms. The molecule has 0 spiro atoms. The van der Waals surface area contributed by atoms with Gasteiger partial charge in [0.1, 0.15) is 6.04 Å². The predicted octanol–water partition coefficient (Wildman–Crippen LogP) is 1.56. The van der Waals surface area contributed by atoms with Gasteiger partial charge in [0, 0.05) is 12.6 Å². The SMILES string of the molecule is CCCNC(CN(C)C(CC)CC)C(=O)O. The standard InChI is InChI=1S/C12H26N2O2/c1-5-8-13-11(12(15)16)9-14(4)10(6-2)7-3/h10-11,13H,5-9H2,1-4H3,(H,15,16). The lowest BCUT2D eigenvalue weighted by Gasteiger charge is -2.28. The maximum absolute atomic E-state index is 11.1. The summed E-state index contributed by atoms with van der Waals surface area (Å²) in [4.78, 5) is 13.2. The second kappa shape index (κ2) is 8.53. The van der Waals surface area contributed by atoms with Gasteiger partial charge in [-0.3, -0.25) is 4.79 Å². The molecule has 2 N–H and O–H groups in total. The maximum atomic E-state index is 11.1. The average molecular weight is 230 g/mol. The number of aliphatic carboxylic acids is 1. The number of carbonyl (C=O) groups is 1. The fraction of sp³-hybridized carbons (Fsp3) is 0.917. The van der Waals surface area contributed by atoms with Crippen molar-refractivity contribution in [2.24, 2.45) is 0 Å². The highest BCUT2D eigenvalue weighted by molar-refractivity contribution is 5.73. The number of carboxylic acid groups (broad SMARTS) is 1. The van der Waals surface area contributed by atoms with Crippen molar-refractivity contribution in [3.05, 3.63) is 0 Å². The van der Waals surface area contributed by atoms with Gasteiger partial charge in [0.05, 0.1) is 0 Å². The Hall–Kier alpha value is -0.610. The summed E-state index contributed by atoms with van der Waals surface area (Å²) in [6, 6.07) is 0.0239. The maximum Gasteiger partial charge on any atom is 0.322 e. The molecule has 0 fully saturated rings. The molecule has 16 heavy (non-hydrogen) atoms. The number of hydrogen-bond acceptors (Lipinski definition) is 3. The monoisotopic (exact) mass is 230 g/mol. The molecule has 96 valence electrons. The second-order valence-electron chi connectivity index (χ2n) is 4.25. The minimum atomic E-state index is -0.758. The topological polar surface area (TPSA) is 52.6 Å². The molecule has 4 heteroatoms. The fourth-order valence-corrected chi connectivity index (χ4v) is 1.90. The van der Waals surface area contributed by atoms with E-state index in [0.29, 0.717) is 12.6 Å². The summed E-state index contributed by atoms with van der Waals surface area (Å²) >= 11 is 0. The first-order valence-corrected chi connectivity index (χ1v) is 6.23. The van der Waals surface area contributed by atoms with Gasteiger partial charge in [-0.1, -0.05) is 20.8 Å². The van der Waals surface area contributed by atoms with E-state index in [1.807, 2.05) is 14.0 Å². The van der Waals surface area contributed by atoms with Crippen molar-refractivity contribution in [3.8, 4) is 0 Å². The molecule has 0 radical (unpaired) electrons. The van der Waals surface area contributed by atoms with Crippen LogP contribution in [0.5, 0.6) is 0 Å². The van der Waals surface area contributed by atoms with Crippen LogP contribution in [0, 0.1) is 0 Å². The van der Waals surface area contributed by atoms with Gasteiger partial charge in [-0.05, 0) is 32.9 Å². The highest BCUT2D eigenvalue weighted by Crippen LogP contribution is 2.06. The Morgan fingerprint density at radius 3 is 2.25 bits per heavy atom. The summed E-state index contributed by atoms with van der Waals surface area (Å²) in [6.45, 7) is 7.64. The molecule has 1 atom stereocenters. The van der Waals surface area contributed by atoms with Crippen molar-refractivity contribution >= 4 is 5.97 Å². The van der Waals surface area contributed by atoms with Gasteiger partial charge in [0.2, 0.25) is 0 Å². The van der Waals surface area contributed by atoms with E-state index >= 15 is 0 Å². The third-order valence-electron chi connectivity index (χ3n) is 2.98. The lowest BCUT2D eigenvalue weighted by atomic mass is 10.1. The Morgan fingerprint density at radius 2 is 1.88 bits per heavy atom. The molecule has 0 amide bonds. The minimum absolute atomic E-state index is 0.453. The van der Waals surface area contributed by atoms with Crippen LogP contribution >= 0.6 is 0 Å². The smallest absolute Gasteiger partial charge is 0.322 e. The lowest BCUT2D eigenvalue weighted by molar-refractivity contribution is -0.140. The number of hydrogen-bond donors (Lipinski definition) is 2. The summed E-state index contributed by atoms with van der Waals surface area (Å²) in [6.07, 6.45) is 3.08. The lowest BCUT2D eigenvalue weighted by Crippen LogP contribution is -2.47. The van der Waals surface area contributed by atoms with Crippen LogP contribution in [0.2, 0.25) is 0 Å². The molecule has 0 heterocycles. The summed E-state index contributed by atoms with van der Waals surface area (Å²) in [5, 5.41) is 12.1. The molecule has 0 aromatic rings. The van der Waals surface area contributed by atoms with Crippen LogP contribution in [0.4, 0.5) is 0 Å². The minimum Gasteiger partial charge on any atom is -0.480 e. The Morgan fingerprint density at radius 1 is 1.31 bits per heavy atom. The van der Waals surface area contributed by atoms with Crippen LogP contribution in [-0.2, 0) is 4.79 Å². The molecule has 0 saturated carbocycles. The van der Waals surface area contributed by atoms with Crippen LogP contribution < -0.4 is 5.32 Å². The van der Waals surface area contributed by atoms with Gasteiger partial charge in [-0.25, -0.2) is 0 Å². The van der Waals surface area contributed by atoms with E-state index in [4.69, 9.17) is 5.11 Å². The van der Waals surface area contributed by atoms with Crippen molar-refractivity contribution in [1.29, 1.82) is 0 Å². The van der Waals surface area contributed by atoms with E-state index in [1.54, 1.807) is 0 Å². The summed E-state index contributed by atoms with van der Waals surface area (Å²) < 4.78 is 0. The summed E-state index contributed by atoms with van der Waals surface area (Å²) in [7, 11) is 2.00. The van der Waals surface area contributed by atoms with Crippen LogP contribution in [0.15, 0.2) is 0 Å². The molecule has 0 rings (SSSR count). The number of carboxylic acids is 1. The van der Waals surface area contributed by atoms with Gasteiger partial charge in [0.25, 0.3) is 0 Å². The van der Waals surface area contributed by atoms with E-state index in [0.717, 1.165) is 25.8 Å². The Balaban J connectivity index is 4.21. The molecular weight excluding hydrogens is 204 g/mol. The Labute approximate surface area is 99.0 Å². The van der Waals surface area contributed by atoms with Crippen LogP contribution in [0.25, 0.3) is 0 Å². The first-order valence-electron chi connectivity index (χ1n) is 6.23. The molecule has 0 aliphatic rings. The largest absolute Gasteiger partial charge is 0.480 e. The quantitative estimate of drug-likeness (QED) is 0.631.